The van der Waals surface area contributed by atoms with Crippen molar-refractivity contribution in [2.24, 2.45) is 0 Å². The number of ether oxygens (including phenoxy) is 1. The molecule has 1 saturated heterocycles. The lowest BCUT2D eigenvalue weighted by Crippen LogP contribution is -2.28. The number of hydrogen-bond donors (Lipinski definition) is 0. The lowest BCUT2D eigenvalue weighted by Gasteiger charge is -2.20. The van der Waals surface area contributed by atoms with Crippen LogP contribution in [0.25, 0.3) is 11.3 Å². The standard InChI is InChI=1S/C19H25N3O/c1-15-6-11-19(21-20-15)17-7-9-18(10-8-17)23-14-4-13-22-12-3-5-16(22)2/h6-11,16H,3-5,12-14H2,1-2H3. The van der Waals surface area contributed by atoms with Gasteiger partial charge in [0.1, 0.15) is 5.75 Å². The van der Waals surface area contributed by atoms with Crippen molar-refractivity contribution < 1.29 is 4.74 Å². The summed E-state index contributed by atoms with van der Waals surface area (Å²) < 4.78 is 5.85. The maximum Gasteiger partial charge on any atom is 0.119 e. The first-order valence-electron chi connectivity index (χ1n) is 8.50. The Morgan fingerprint density at radius 1 is 1.13 bits per heavy atom. The summed E-state index contributed by atoms with van der Waals surface area (Å²) in [5.41, 5.74) is 2.89. The first-order chi connectivity index (χ1) is 11.2. The SMILES string of the molecule is Cc1ccc(-c2ccc(OCCCN3CCCC3C)cc2)nn1. The third-order valence-electron chi connectivity index (χ3n) is 4.50. The minimum Gasteiger partial charge on any atom is -0.494 e. The number of benzene rings is 1. The van der Waals surface area contributed by atoms with Gasteiger partial charge in [-0.1, -0.05) is 0 Å². The van der Waals surface area contributed by atoms with Crippen LogP contribution in [0.3, 0.4) is 0 Å². The van der Waals surface area contributed by atoms with Crippen LogP contribution in [0.1, 0.15) is 31.9 Å². The average Bonchev–Trinajstić information content (AvgIpc) is 2.98. The molecule has 0 saturated carbocycles. The van der Waals surface area contributed by atoms with E-state index in [4.69, 9.17) is 4.74 Å². The molecule has 1 aromatic carbocycles. The summed E-state index contributed by atoms with van der Waals surface area (Å²) in [5.74, 6) is 0.920. The van der Waals surface area contributed by atoms with Gasteiger partial charge in [0.25, 0.3) is 0 Å². The zero-order valence-corrected chi connectivity index (χ0v) is 14.0. The number of hydrogen-bond acceptors (Lipinski definition) is 4. The zero-order chi connectivity index (χ0) is 16.1. The van der Waals surface area contributed by atoms with Gasteiger partial charge in [-0.05, 0) is 76.1 Å². The van der Waals surface area contributed by atoms with E-state index >= 15 is 0 Å². The van der Waals surface area contributed by atoms with Gasteiger partial charge in [-0.25, -0.2) is 0 Å². The normalized spacial score (nSPS) is 18.3. The van der Waals surface area contributed by atoms with Crippen LogP contribution in [-0.4, -0.2) is 40.8 Å². The van der Waals surface area contributed by atoms with Crippen LogP contribution in [0.5, 0.6) is 5.75 Å². The van der Waals surface area contributed by atoms with Crippen LogP contribution in [0.4, 0.5) is 0 Å². The number of likely N-dealkylation sites (tertiary alicyclic amines) is 1. The van der Waals surface area contributed by atoms with Gasteiger partial charge in [-0.3, -0.25) is 0 Å². The third-order valence-corrected chi connectivity index (χ3v) is 4.50. The fourth-order valence-corrected chi connectivity index (χ4v) is 3.06. The average molecular weight is 311 g/mol. The summed E-state index contributed by atoms with van der Waals surface area (Å²) >= 11 is 0. The van der Waals surface area contributed by atoms with E-state index in [0.717, 1.165) is 48.3 Å². The Morgan fingerprint density at radius 3 is 2.61 bits per heavy atom. The van der Waals surface area contributed by atoms with Crippen molar-refractivity contribution in [3.8, 4) is 17.0 Å². The molecular formula is C19H25N3O. The Labute approximate surface area is 138 Å². The van der Waals surface area contributed by atoms with E-state index in [-0.39, 0.29) is 0 Å². The minimum absolute atomic E-state index is 0.741. The highest BCUT2D eigenvalue weighted by Gasteiger charge is 2.18. The molecule has 0 amide bonds. The highest BCUT2D eigenvalue weighted by Crippen LogP contribution is 2.21. The molecule has 0 spiro atoms. The molecule has 1 aliphatic heterocycles. The summed E-state index contributed by atoms with van der Waals surface area (Å²) in [6, 6.07) is 12.8. The van der Waals surface area contributed by atoms with Crippen LogP contribution in [0.2, 0.25) is 0 Å². The van der Waals surface area contributed by atoms with Crippen molar-refractivity contribution in [2.45, 2.75) is 39.2 Å². The Kier molecular flexibility index (Phi) is 5.23. The minimum atomic E-state index is 0.741. The van der Waals surface area contributed by atoms with Crippen LogP contribution in [0.15, 0.2) is 36.4 Å². The summed E-state index contributed by atoms with van der Waals surface area (Å²) in [5, 5.41) is 8.30. The largest absolute Gasteiger partial charge is 0.494 e. The fraction of sp³-hybridized carbons (Fsp3) is 0.474. The highest BCUT2D eigenvalue weighted by atomic mass is 16.5. The molecular weight excluding hydrogens is 286 g/mol. The van der Waals surface area contributed by atoms with Gasteiger partial charge >= 0.3 is 0 Å². The smallest absolute Gasteiger partial charge is 0.119 e. The van der Waals surface area contributed by atoms with E-state index in [1.165, 1.54) is 19.4 Å². The molecule has 1 aliphatic rings. The van der Waals surface area contributed by atoms with E-state index in [0.29, 0.717) is 0 Å². The molecule has 0 N–H and O–H groups in total. The van der Waals surface area contributed by atoms with E-state index in [1.54, 1.807) is 0 Å². The van der Waals surface area contributed by atoms with E-state index in [9.17, 15) is 0 Å². The molecule has 4 nitrogen and oxygen atoms in total. The predicted molar refractivity (Wildman–Crippen MR) is 92.6 cm³/mol. The Balaban J connectivity index is 1.47. The quantitative estimate of drug-likeness (QED) is 0.762. The molecule has 0 bridgehead atoms. The molecule has 23 heavy (non-hydrogen) atoms. The van der Waals surface area contributed by atoms with Crippen LogP contribution in [0, 0.1) is 6.92 Å². The molecule has 4 heteroatoms. The number of nitrogens with zero attached hydrogens (tertiary/aromatic N) is 3. The van der Waals surface area contributed by atoms with Crippen molar-refractivity contribution >= 4 is 0 Å². The summed E-state index contributed by atoms with van der Waals surface area (Å²) in [7, 11) is 0. The maximum absolute atomic E-state index is 5.85. The van der Waals surface area contributed by atoms with Gasteiger partial charge in [0.15, 0.2) is 0 Å². The summed E-state index contributed by atoms with van der Waals surface area (Å²) in [6.45, 7) is 7.41. The second-order valence-corrected chi connectivity index (χ2v) is 6.31. The van der Waals surface area contributed by atoms with Crippen molar-refractivity contribution in [3.63, 3.8) is 0 Å². The molecule has 2 heterocycles. The molecule has 3 rings (SSSR count). The number of rotatable bonds is 6. The molecule has 1 atom stereocenters. The van der Waals surface area contributed by atoms with Gasteiger partial charge in [0.2, 0.25) is 0 Å². The summed E-state index contributed by atoms with van der Waals surface area (Å²) in [4.78, 5) is 2.56. The molecule has 1 unspecified atom stereocenters. The van der Waals surface area contributed by atoms with Crippen molar-refractivity contribution in [3.05, 3.63) is 42.1 Å². The number of aryl methyl sites for hydroxylation is 1. The van der Waals surface area contributed by atoms with E-state index < -0.39 is 0 Å². The van der Waals surface area contributed by atoms with Crippen molar-refractivity contribution in [2.75, 3.05) is 19.7 Å². The van der Waals surface area contributed by atoms with Gasteiger partial charge in [-0.2, -0.15) is 10.2 Å². The Morgan fingerprint density at radius 2 is 1.96 bits per heavy atom. The molecule has 1 aromatic heterocycles. The topological polar surface area (TPSA) is 38.2 Å². The maximum atomic E-state index is 5.85. The molecule has 1 fully saturated rings. The molecule has 0 radical (unpaired) electrons. The Bertz CT molecular complexity index is 610. The van der Waals surface area contributed by atoms with Gasteiger partial charge in [0.05, 0.1) is 18.0 Å². The van der Waals surface area contributed by atoms with E-state index in [2.05, 4.69) is 22.0 Å². The summed E-state index contributed by atoms with van der Waals surface area (Å²) in [6.07, 6.45) is 3.76. The molecule has 2 aromatic rings. The van der Waals surface area contributed by atoms with Crippen LogP contribution in [-0.2, 0) is 0 Å². The monoisotopic (exact) mass is 311 g/mol. The lowest BCUT2D eigenvalue weighted by molar-refractivity contribution is 0.230. The zero-order valence-electron chi connectivity index (χ0n) is 14.0. The highest BCUT2D eigenvalue weighted by molar-refractivity contribution is 5.59. The first-order valence-corrected chi connectivity index (χ1v) is 8.50. The first kappa shape index (κ1) is 15.9. The van der Waals surface area contributed by atoms with Gasteiger partial charge in [0, 0.05) is 18.2 Å². The fourth-order valence-electron chi connectivity index (χ4n) is 3.06. The van der Waals surface area contributed by atoms with Crippen molar-refractivity contribution in [1.82, 2.24) is 15.1 Å². The number of aromatic nitrogens is 2. The lowest BCUT2D eigenvalue weighted by atomic mass is 10.1. The van der Waals surface area contributed by atoms with Crippen LogP contribution < -0.4 is 4.74 Å². The third kappa shape index (κ3) is 4.29. The second kappa shape index (κ2) is 7.55. The van der Waals surface area contributed by atoms with E-state index in [1.807, 2.05) is 43.3 Å². The van der Waals surface area contributed by atoms with Crippen LogP contribution >= 0.6 is 0 Å². The molecule has 122 valence electrons. The van der Waals surface area contributed by atoms with Gasteiger partial charge in [-0.15, -0.1) is 0 Å². The predicted octanol–water partition coefficient (Wildman–Crippen LogP) is 3.71. The van der Waals surface area contributed by atoms with Crippen molar-refractivity contribution in [1.29, 1.82) is 0 Å². The second-order valence-electron chi connectivity index (χ2n) is 6.31. The van der Waals surface area contributed by atoms with Gasteiger partial charge < -0.3 is 9.64 Å². The molecule has 0 aliphatic carbocycles. The Hall–Kier alpha value is -1.94.